The van der Waals surface area contributed by atoms with Crippen molar-refractivity contribution in [3.63, 3.8) is 0 Å². The van der Waals surface area contributed by atoms with Crippen molar-refractivity contribution in [2.24, 2.45) is 11.8 Å². The number of halogens is 1. The van der Waals surface area contributed by atoms with Crippen LogP contribution in [0.1, 0.15) is 31.2 Å². The molecule has 0 amide bonds. The molecule has 2 aliphatic rings. The van der Waals surface area contributed by atoms with Crippen LogP contribution in [0.15, 0.2) is 24.3 Å². The van der Waals surface area contributed by atoms with Gasteiger partial charge in [0.05, 0.1) is 0 Å². The Labute approximate surface area is 111 Å². The molecule has 1 nitrogen and oxygen atoms in total. The second-order valence-corrected chi connectivity index (χ2v) is 6.45. The first-order chi connectivity index (χ1) is 7.83. The maximum Gasteiger partial charge on any atom is 0.0208 e. The van der Waals surface area contributed by atoms with Gasteiger partial charge in [0, 0.05) is 16.2 Å². The zero-order chi connectivity index (χ0) is 11.0. The Morgan fingerprint density at radius 2 is 1.62 bits per heavy atom. The van der Waals surface area contributed by atoms with Gasteiger partial charge >= 0.3 is 0 Å². The number of hydrogen-bond acceptors (Lipinski definition) is 1. The van der Waals surface area contributed by atoms with Crippen molar-refractivity contribution < 1.29 is 0 Å². The molecule has 1 aromatic carbocycles. The average Bonchev–Trinajstić information content (AvgIpc) is 3.15. The van der Waals surface area contributed by atoms with Gasteiger partial charge in [0.15, 0.2) is 0 Å². The first-order valence-corrected chi connectivity index (χ1v) is 7.38. The molecule has 0 saturated heterocycles. The van der Waals surface area contributed by atoms with Crippen molar-refractivity contribution in [3.05, 3.63) is 33.4 Å². The van der Waals surface area contributed by atoms with Gasteiger partial charge in [-0.2, -0.15) is 0 Å². The summed E-state index contributed by atoms with van der Waals surface area (Å²) in [6.45, 7) is 1.05. The molecule has 0 aliphatic heterocycles. The molecule has 2 fully saturated rings. The fourth-order valence-electron chi connectivity index (χ4n) is 2.47. The summed E-state index contributed by atoms with van der Waals surface area (Å²) in [6, 6.07) is 9.69. The highest BCUT2D eigenvalue weighted by atomic mass is 127. The van der Waals surface area contributed by atoms with E-state index in [1.54, 1.807) is 0 Å². The highest BCUT2D eigenvalue weighted by Gasteiger charge is 2.40. The average molecular weight is 327 g/mol. The Hall–Kier alpha value is -0.0900. The molecule has 0 heterocycles. The molecule has 86 valence electrons. The first kappa shape index (κ1) is 11.0. The van der Waals surface area contributed by atoms with Crippen LogP contribution >= 0.6 is 22.6 Å². The Kier molecular flexibility index (Phi) is 3.20. The summed E-state index contributed by atoms with van der Waals surface area (Å²) in [5.41, 5.74) is 1.42. The van der Waals surface area contributed by atoms with Crippen LogP contribution in [0.3, 0.4) is 0 Å². The SMILES string of the molecule is Ic1ccc(CNC(C2CC2)C2CC2)cc1. The lowest BCUT2D eigenvalue weighted by atomic mass is 10.1. The van der Waals surface area contributed by atoms with Crippen molar-refractivity contribution >= 4 is 22.6 Å². The zero-order valence-electron chi connectivity index (χ0n) is 9.45. The summed E-state index contributed by atoms with van der Waals surface area (Å²) in [5.74, 6) is 1.99. The highest BCUT2D eigenvalue weighted by Crippen LogP contribution is 2.44. The van der Waals surface area contributed by atoms with Gasteiger partial charge < -0.3 is 5.32 Å². The molecular weight excluding hydrogens is 309 g/mol. The van der Waals surface area contributed by atoms with Gasteiger partial charge in [-0.05, 0) is 77.8 Å². The standard InChI is InChI=1S/C14H18IN/c15-13-7-1-10(2-8-13)9-16-14(11-3-4-11)12-5-6-12/h1-2,7-8,11-12,14,16H,3-6,9H2. The molecule has 1 N–H and O–H groups in total. The second-order valence-electron chi connectivity index (χ2n) is 5.21. The molecule has 0 atom stereocenters. The number of hydrogen-bond donors (Lipinski definition) is 1. The summed E-state index contributed by atoms with van der Waals surface area (Å²) >= 11 is 2.36. The van der Waals surface area contributed by atoms with E-state index >= 15 is 0 Å². The predicted molar refractivity (Wildman–Crippen MR) is 75.2 cm³/mol. The van der Waals surface area contributed by atoms with E-state index in [9.17, 15) is 0 Å². The van der Waals surface area contributed by atoms with Crippen LogP contribution in [0.5, 0.6) is 0 Å². The first-order valence-electron chi connectivity index (χ1n) is 6.31. The molecule has 0 aromatic heterocycles. The fraction of sp³-hybridized carbons (Fsp3) is 0.571. The fourth-order valence-corrected chi connectivity index (χ4v) is 2.83. The third-order valence-corrected chi connectivity index (χ3v) is 4.43. The van der Waals surface area contributed by atoms with E-state index in [0.717, 1.165) is 24.4 Å². The minimum Gasteiger partial charge on any atom is -0.309 e. The molecule has 0 spiro atoms. The molecule has 1 aromatic rings. The summed E-state index contributed by atoms with van der Waals surface area (Å²) in [4.78, 5) is 0. The van der Waals surface area contributed by atoms with E-state index in [4.69, 9.17) is 0 Å². The Balaban J connectivity index is 1.56. The molecular formula is C14H18IN. The lowest BCUT2D eigenvalue weighted by molar-refractivity contribution is 0.416. The van der Waals surface area contributed by atoms with Crippen LogP contribution in [-0.4, -0.2) is 6.04 Å². The number of nitrogens with one attached hydrogen (secondary N) is 1. The number of rotatable bonds is 5. The van der Waals surface area contributed by atoms with Gasteiger partial charge in [0.25, 0.3) is 0 Å². The van der Waals surface area contributed by atoms with Gasteiger partial charge in [-0.25, -0.2) is 0 Å². The molecule has 3 rings (SSSR count). The van der Waals surface area contributed by atoms with Crippen molar-refractivity contribution in [3.8, 4) is 0 Å². The van der Waals surface area contributed by atoms with Crippen LogP contribution in [0.25, 0.3) is 0 Å². The van der Waals surface area contributed by atoms with Gasteiger partial charge in [0.2, 0.25) is 0 Å². The van der Waals surface area contributed by atoms with E-state index in [1.807, 2.05) is 0 Å². The van der Waals surface area contributed by atoms with Crippen LogP contribution in [0, 0.1) is 15.4 Å². The molecule has 2 heteroatoms. The van der Waals surface area contributed by atoms with E-state index in [2.05, 4.69) is 52.2 Å². The Morgan fingerprint density at radius 3 is 2.12 bits per heavy atom. The topological polar surface area (TPSA) is 12.0 Å². The van der Waals surface area contributed by atoms with Crippen LogP contribution < -0.4 is 5.32 Å². The van der Waals surface area contributed by atoms with Gasteiger partial charge in [-0.15, -0.1) is 0 Å². The van der Waals surface area contributed by atoms with Gasteiger partial charge in [-0.1, -0.05) is 12.1 Å². The normalized spacial score (nSPS) is 20.4. The highest BCUT2D eigenvalue weighted by molar-refractivity contribution is 14.1. The molecule has 0 unspecified atom stereocenters. The van der Waals surface area contributed by atoms with Gasteiger partial charge in [-0.3, -0.25) is 0 Å². The molecule has 2 aliphatic carbocycles. The zero-order valence-corrected chi connectivity index (χ0v) is 11.6. The monoisotopic (exact) mass is 327 g/mol. The minimum absolute atomic E-state index is 0.819. The smallest absolute Gasteiger partial charge is 0.0208 e. The van der Waals surface area contributed by atoms with Crippen LogP contribution in [-0.2, 0) is 6.54 Å². The summed E-state index contributed by atoms with van der Waals surface area (Å²) in [7, 11) is 0. The summed E-state index contributed by atoms with van der Waals surface area (Å²) < 4.78 is 1.32. The lowest BCUT2D eigenvalue weighted by Gasteiger charge is -2.17. The van der Waals surface area contributed by atoms with E-state index in [0.29, 0.717) is 0 Å². The Morgan fingerprint density at radius 1 is 1.06 bits per heavy atom. The Bertz CT molecular complexity index is 340. The second kappa shape index (κ2) is 4.65. The molecule has 0 bridgehead atoms. The van der Waals surface area contributed by atoms with E-state index in [-0.39, 0.29) is 0 Å². The van der Waals surface area contributed by atoms with Gasteiger partial charge in [0.1, 0.15) is 0 Å². The third-order valence-electron chi connectivity index (χ3n) is 3.71. The third kappa shape index (κ3) is 2.77. The molecule has 2 saturated carbocycles. The predicted octanol–water partition coefficient (Wildman–Crippen LogP) is 3.57. The quantitative estimate of drug-likeness (QED) is 0.816. The lowest BCUT2D eigenvalue weighted by Crippen LogP contribution is -2.32. The molecule has 16 heavy (non-hydrogen) atoms. The van der Waals surface area contributed by atoms with Crippen molar-refractivity contribution in [2.75, 3.05) is 0 Å². The number of benzene rings is 1. The van der Waals surface area contributed by atoms with Crippen LogP contribution in [0.4, 0.5) is 0 Å². The van der Waals surface area contributed by atoms with Crippen molar-refractivity contribution in [2.45, 2.75) is 38.3 Å². The largest absolute Gasteiger partial charge is 0.309 e. The van der Waals surface area contributed by atoms with Crippen LogP contribution in [0.2, 0.25) is 0 Å². The van der Waals surface area contributed by atoms with E-state index in [1.165, 1.54) is 34.8 Å². The van der Waals surface area contributed by atoms with Crippen molar-refractivity contribution in [1.29, 1.82) is 0 Å². The molecule has 0 radical (unpaired) electrons. The summed E-state index contributed by atoms with van der Waals surface area (Å²) in [6.07, 6.45) is 5.84. The van der Waals surface area contributed by atoms with Crippen molar-refractivity contribution in [1.82, 2.24) is 5.32 Å². The minimum atomic E-state index is 0.819. The maximum atomic E-state index is 3.78. The maximum absolute atomic E-state index is 3.78. The summed E-state index contributed by atoms with van der Waals surface area (Å²) in [5, 5.41) is 3.78. The van der Waals surface area contributed by atoms with E-state index < -0.39 is 0 Å².